The maximum atomic E-state index is 9.76. The molecule has 1 aromatic heterocycles. The maximum absolute atomic E-state index is 9.76. The molecule has 1 aromatic carbocycles. The fourth-order valence-corrected chi connectivity index (χ4v) is 2.14. The minimum atomic E-state index is 0.117. The minimum Gasteiger partial charge on any atom is -0.506 e. The molecule has 0 aliphatic heterocycles. The zero-order valence-corrected chi connectivity index (χ0v) is 8.25. The number of nitrogens with zero attached hydrogens (tertiary/aromatic N) is 2. The molecule has 0 amide bonds. The molecule has 0 unspecified atom stereocenters. The Morgan fingerprint density at radius 1 is 1.50 bits per heavy atom. The number of hydrogen-bond acceptors (Lipinski definition) is 5. The first-order chi connectivity index (χ1) is 6.72. The second-order valence-electron chi connectivity index (χ2n) is 2.83. The second-order valence-corrected chi connectivity index (χ2v) is 4.03. The van der Waals surface area contributed by atoms with Crippen LogP contribution >= 0.6 is 11.3 Å². The Hall–Kier alpha value is -1.62. The highest BCUT2D eigenvalue weighted by atomic mass is 32.1. The normalized spacial score (nSPS) is 11.5. The van der Waals surface area contributed by atoms with Gasteiger partial charge in [0.05, 0.1) is 21.4 Å². The fourth-order valence-electron chi connectivity index (χ4n) is 1.27. The molecule has 0 bridgehead atoms. The van der Waals surface area contributed by atoms with E-state index < -0.39 is 0 Å². The van der Waals surface area contributed by atoms with Crippen LogP contribution in [0, 0.1) is 6.92 Å². The third kappa shape index (κ3) is 1.31. The summed E-state index contributed by atoms with van der Waals surface area (Å²) in [5.74, 6) is 0.117. The van der Waals surface area contributed by atoms with Crippen LogP contribution < -0.4 is 0 Å². The molecule has 0 radical (unpaired) electrons. The van der Waals surface area contributed by atoms with Gasteiger partial charge in [0, 0.05) is 5.56 Å². The van der Waals surface area contributed by atoms with Crippen molar-refractivity contribution in [1.29, 1.82) is 0 Å². The van der Waals surface area contributed by atoms with E-state index in [1.807, 2.05) is 6.92 Å². The lowest BCUT2D eigenvalue weighted by atomic mass is 10.2. The summed E-state index contributed by atoms with van der Waals surface area (Å²) in [7, 11) is 0. The van der Waals surface area contributed by atoms with Gasteiger partial charge in [-0.2, -0.15) is 0 Å². The Bertz CT molecular complexity index is 505. The molecule has 0 fully saturated rings. The summed E-state index contributed by atoms with van der Waals surface area (Å²) in [5.41, 5.74) is 1.25. The number of benzene rings is 1. The van der Waals surface area contributed by atoms with Crippen LogP contribution in [-0.2, 0) is 0 Å². The molecule has 2 rings (SSSR count). The van der Waals surface area contributed by atoms with Crippen LogP contribution in [0.25, 0.3) is 10.2 Å². The predicted octanol–water partition coefficient (Wildman–Crippen LogP) is 2.12. The lowest BCUT2D eigenvalue weighted by Crippen LogP contribution is -1.82. The number of hydrogen-bond donors (Lipinski definition) is 2. The van der Waals surface area contributed by atoms with Gasteiger partial charge >= 0.3 is 0 Å². The van der Waals surface area contributed by atoms with Crippen LogP contribution in [0.4, 0.5) is 0 Å². The van der Waals surface area contributed by atoms with E-state index in [4.69, 9.17) is 5.21 Å². The van der Waals surface area contributed by atoms with Gasteiger partial charge in [0.2, 0.25) is 0 Å². The lowest BCUT2D eigenvalue weighted by Gasteiger charge is -1.97. The van der Waals surface area contributed by atoms with Crippen LogP contribution in [0.15, 0.2) is 17.3 Å². The first kappa shape index (κ1) is 8.96. The van der Waals surface area contributed by atoms with Crippen molar-refractivity contribution in [3.8, 4) is 5.75 Å². The van der Waals surface area contributed by atoms with E-state index in [1.165, 1.54) is 17.6 Å². The molecule has 5 heteroatoms. The van der Waals surface area contributed by atoms with E-state index in [1.54, 1.807) is 12.1 Å². The standard InChI is InChI=1S/C9H8N2O2S/c1-5-11-7-3-2-6(4-10-13)8(12)9(7)14-5/h2-4,12-13H,1H3/b10-4-. The molecule has 4 nitrogen and oxygen atoms in total. The molecule has 2 N–H and O–H groups in total. The van der Waals surface area contributed by atoms with E-state index in [2.05, 4.69) is 10.1 Å². The number of oxime groups is 1. The number of aryl methyl sites for hydroxylation is 1. The molecule has 0 spiro atoms. The lowest BCUT2D eigenvalue weighted by molar-refractivity contribution is 0.321. The molecule has 0 aliphatic rings. The van der Waals surface area contributed by atoms with Crippen molar-refractivity contribution in [3.63, 3.8) is 0 Å². The van der Waals surface area contributed by atoms with Crippen molar-refractivity contribution < 1.29 is 10.3 Å². The smallest absolute Gasteiger partial charge is 0.143 e. The van der Waals surface area contributed by atoms with Gasteiger partial charge in [-0.05, 0) is 19.1 Å². The van der Waals surface area contributed by atoms with Crippen molar-refractivity contribution in [1.82, 2.24) is 4.98 Å². The number of aromatic hydroxyl groups is 1. The molecule has 0 atom stereocenters. The van der Waals surface area contributed by atoms with Crippen LogP contribution in [0.3, 0.4) is 0 Å². The fraction of sp³-hybridized carbons (Fsp3) is 0.111. The molecule has 14 heavy (non-hydrogen) atoms. The number of thiazole rings is 1. The Labute approximate surface area is 84.1 Å². The predicted molar refractivity (Wildman–Crippen MR) is 55.4 cm³/mol. The zero-order valence-electron chi connectivity index (χ0n) is 7.43. The Balaban J connectivity index is 2.73. The summed E-state index contributed by atoms with van der Waals surface area (Å²) < 4.78 is 0.722. The number of phenolic OH excluding ortho intramolecular Hbond substituents is 1. The Kier molecular flexibility index (Phi) is 2.09. The van der Waals surface area contributed by atoms with E-state index in [-0.39, 0.29) is 5.75 Å². The van der Waals surface area contributed by atoms with Crippen LogP contribution in [0.2, 0.25) is 0 Å². The summed E-state index contributed by atoms with van der Waals surface area (Å²) >= 11 is 1.41. The second kappa shape index (κ2) is 3.26. The van der Waals surface area contributed by atoms with Gasteiger partial charge in [0.1, 0.15) is 5.75 Å². The van der Waals surface area contributed by atoms with Crippen LogP contribution in [0.5, 0.6) is 5.75 Å². The molecule has 1 heterocycles. The minimum absolute atomic E-state index is 0.117. The highest BCUT2D eigenvalue weighted by Crippen LogP contribution is 2.32. The molecule has 0 saturated carbocycles. The highest BCUT2D eigenvalue weighted by molar-refractivity contribution is 7.18. The van der Waals surface area contributed by atoms with E-state index in [9.17, 15) is 5.11 Å². The number of rotatable bonds is 1. The zero-order chi connectivity index (χ0) is 10.1. The van der Waals surface area contributed by atoms with E-state index in [0.717, 1.165) is 15.2 Å². The first-order valence-corrected chi connectivity index (χ1v) is 4.80. The number of fused-ring (bicyclic) bond motifs is 1. The van der Waals surface area contributed by atoms with Crippen LogP contribution in [-0.4, -0.2) is 21.5 Å². The average molecular weight is 208 g/mol. The molecular formula is C9H8N2O2S. The SMILES string of the molecule is Cc1nc2ccc(/C=N\O)c(O)c2s1. The quantitative estimate of drug-likeness (QED) is 0.428. The summed E-state index contributed by atoms with van der Waals surface area (Å²) in [4.78, 5) is 4.23. The van der Waals surface area contributed by atoms with Crippen molar-refractivity contribution in [3.05, 3.63) is 22.7 Å². The van der Waals surface area contributed by atoms with E-state index in [0.29, 0.717) is 5.56 Å². The van der Waals surface area contributed by atoms with Gasteiger partial charge in [-0.25, -0.2) is 4.98 Å². The maximum Gasteiger partial charge on any atom is 0.143 e. The van der Waals surface area contributed by atoms with Crippen molar-refractivity contribution in [2.45, 2.75) is 6.92 Å². The number of aromatic nitrogens is 1. The molecule has 2 aromatic rings. The largest absolute Gasteiger partial charge is 0.506 e. The summed E-state index contributed by atoms with van der Waals surface area (Å²) in [6, 6.07) is 3.45. The molecule has 0 aliphatic carbocycles. The van der Waals surface area contributed by atoms with Gasteiger partial charge in [-0.1, -0.05) is 5.16 Å². The van der Waals surface area contributed by atoms with Crippen molar-refractivity contribution in [2.24, 2.45) is 5.16 Å². The van der Waals surface area contributed by atoms with Gasteiger partial charge < -0.3 is 10.3 Å². The van der Waals surface area contributed by atoms with Gasteiger partial charge in [0.25, 0.3) is 0 Å². The summed E-state index contributed by atoms with van der Waals surface area (Å²) in [6.45, 7) is 1.88. The van der Waals surface area contributed by atoms with Gasteiger partial charge in [-0.15, -0.1) is 11.3 Å². The van der Waals surface area contributed by atoms with Crippen LogP contribution in [0.1, 0.15) is 10.6 Å². The van der Waals surface area contributed by atoms with Crippen molar-refractivity contribution in [2.75, 3.05) is 0 Å². The van der Waals surface area contributed by atoms with E-state index >= 15 is 0 Å². The number of phenols is 1. The topological polar surface area (TPSA) is 65.7 Å². The Morgan fingerprint density at radius 2 is 2.29 bits per heavy atom. The first-order valence-electron chi connectivity index (χ1n) is 3.99. The monoisotopic (exact) mass is 208 g/mol. The van der Waals surface area contributed by atoms with Crippen molar-refractivity contribution >= 4 is 27.8 Å². The molecule has 72 valence electrons. The average Bonchev–Trinajstić information content (AvgIpc) is 2.52. The molecule has 0 saturated heterocycles. The third-order valence-electron chi connectivity index (χ3n) is 1.87. The van der Waals surface area contributed by atoms with Gasteiger partial charge in [-0.3, -0.25) is 0 Å². The summed E-state index contributed by atoms with van der Waals surface area (Å²) in [5, 5.41) is 21.9. The highest BCUT2D eigenvalue weighted by Gasteiger charge is 2.08. The third-order valence-corrected chi connectivity index (χ3v) is 2.86. The van der Waals surface area contributed by atoms with Gasteiger partial charge in [0.15, 0.2) is 0 Å². The Morgan fingerprint density at radius 3 is 3.00 bits per heavy atom. The summed E-state index contributed by atoms with van der Waals surface area (Å²) in [6.07, 6.45) is 1.20. The molecular weight excluding hydrogens is 200 g/mol.